The molecular formula is C28H35NO4. The molecule has 1 heterocycles. The zero-order valence-corrected chi connectivity index (χ0v) is 20.2. The molecule has 1 aliphatic heterocycles. The van der Waals surface area contributed by atoms with Gasteiger partial charge in [-0.2, -0.15) is 0 Å². The summed E-state index contributed by atoms with van der Waals surface area (Å²) in [5.41, 5.74) is 4.81. The first-order chi connectivity index (χ1) is 16.1. The molecule has 5 rings (SSSR count). The van der Waals surface area contributed by atoms with Gasteiger partial charge < -0.3 is 18.9 Å². The van der Waals surface area contributed by atoms with E-state index in [9.17, 15) is 0 Å². The van der Waals surface area contributed by atoms with E-state index in [1.54, 1.807) is 21.3 Å². The molecule has 5 heteroatoms. The second kappa shape index (κ2) is 9.02. The summed E-state index contributed by atoms with van der Waals surface area (Å²) in [7, 11) is 5.13. The minimum atomic E-state index is -0.0572. The number of methoxy groups -OCH3 is 3. The predicted octanol–water partition coefficient (Wildman–Crippen LogP) is 5.67. The normalized spacial score (nSPS) is 25.8. The van der Waals surface area contributed by atoms with Crippen molar-refractivity contribution in [2.24, 2.45) is 10.9 Å². The summed E-state index contributed by atoms with van der Waals surface area (Å²) in [5.74, 6) is 3.48. The smallest absolute Gasteiger partial charge is 0.161 e. The molecule has 2 aliphatic carbocycles. The Bertz CT molecular complexity index is 1040. The lowest BCUT2D eigenvalue weighted by Gasteiger charge is -2.47. The van der Waals surface area contributed by atoms with Crippen molar-refractivity contribution in [2.75, 3.05) is 27.9 Å². The molecule has 0 aromatic heterocycles. The van der Waals surface area contributed by atoms with Gasteiger partial charge in [-0.3, -0.25) is 4.99 Å². The molecular weight excluding hydrogens is 414 g/mol. The van der Waals surface area contributed by atoms with Crippen LogP contribution in [0.5, 0.6) is 17.2 Å². The number of benzene rings is 2. The monoisotopic (exact) mass is 449 g/mol. The zero-order valence-electron chi connectivity index (χ0n) is 20.2. The maximum Gasteiger partial charge on any atom is 0.161 e. The quantitative estimate of drug-likeness (QED) is 0.521. The predicted molar refractivity (Wildman–Crippen MR) is 130 cm³/mol. The Kier molecular flexibility index (Phi) is 6.09. The molecule has 3 unspecified atom stereocenters. The van der Waals surface area contributed by atoms with Crippen LogP contribution in [0.2, 0.25) is 0 Å². The van der Waals surface area contributed by atoms with Gasteiger partial charge in [0.1, 0.15) is 5.75 Å². The summed E-state index contributed by atoms with van der Waals surface area (Å²) in [6.45, 7) is 3.77. The molecule has 176 valence electrons. The van der Waals surface area contributed by atoms with Gasteiger partial charge in [-0.05, 0) is 66.5 Å². The molecule has 33 heavy (non-hydrogen) atoms. The Balaban J connectivity index is 1.57. The minimum absolute atomic E-state index is 0.0572. The van der Waals surface area contributed by atoms with Gasteiger partial charge in [-0.15, -0.1) is 0 Å². The van der Waals surface area contributed by atoms with Gasteiger partial charge in [0.15, 0.2) is 11.5 Å². The molecule has 3 aliphatic rings. The number of aliphatic imine (C=N–C) groups is 1. The van der Waals surface area contributed by atoms with Crippen LogP contribution in [0, 0.1) is 5.92 Å². The molecule has 0 radical (unpaired) electrons. The Morgan fingerprint density at radius 1 is 0.970 bits per heavy atom. The highest BCUT2D eigenvalue weighted by Gasteiger charge is 2.46. The first-order valence-corrected chi connectivity index (χ1v) is 12.1. The van der Waals surface area contributed by atoms with E-state index in [-0.39, 0.29) is 17.4 Å². The van der Waals surface area contributed by atoms with Gasteiger partial charge in [-0.1, -0.05) is 25.5 Å². The fourth-order valence-electron chi connectivity index (χ4n) is 5.74. The lowest BCUT2D eigenvalue weighted by atomic mass is 9.58. The number of hydrogen-bond donors (Lipinski definition) is 0. The minimum Gasteiger partial charge on any atom is -0.493 e. The molecule has 3 atom stereocenters. The van der Waals surface area contributed by atoms with Crippen molar-refractivity contribution >= 4 is 6.21 Å². The van der Waals surface area contributed by atoms with E-state index in [0.29, 0.717) is 12.5 Å². The van der Waals surface area contributed by atoms with Crippen LogP contribution < -0.4 is 14.2 Å². The Morgan fingerprint density at radius 2 is 1.76 bits per heavy atom. The van der Waals surface area contributed by atoms with Crippen LogP contribution in [0.25, 0.3) is 0 Å². The van der Waals surface area contributed by atoms with Crippen molar-refractivity contribution in [3.8, 4) is 17.2 Å². The van der Waals surface area contributed by atoms with Crippen molar-refractivity contribution in [3.63, 3.8) is 0 Å². The van der Waals surface area contributed by atoms with Crippen molar-refractivity contribution in [3.05, 3.63) is 52.6 Å². The van der Waals surface area contributed by atoms with Crippen LogP contribution in [0.4, 0.5) is 0 Å². The topological polar surface area (TPSA) is 49.3 Å². The lowest BCUT2D eigenvalue weighted by Crippen LogP contribution is -2.42. The number of fused-ring (bicyclic) bond motifs is 3. The maximum atomic E-state index is 6.32. The molecule has 0 N–H and O–H groups in total. The van der Waals surface area contributed by atoms with E-state index in [2.05, 4.69) is 37.3 Å². The summed E-state index contributed by atoms with van der Waals surface area (Å²) in [4.78, 5) is 5.01. The van der Waals surface area contributed by atoms with Crippen LogP contribution in [0.3, 0.4) is 0 Å². The van der Waals surface area contributed by atoms with Crippen LogP contribution in [-0.4, -0.2) is 40.2 Å². The Morgan fingerprint density at radius 3 is 2.48 bits per heavy atom. The van der Waals surface area contributed by atoms with Gasteiger partial charge in [0.25, 0.3) is 0 Å². The van der Waals surface area contributed by atoms with E-state index in [4.69, 9.17) is 23.9 Å². The third kappa shape index (κ3) is 4.12. The van der Waals surface area contributed by atoms with Crippen molar-refractivity contribution in [1.82, 2.24) is 0 Å². The molecule has 2 aromatic carbocycles. The fraction of sp³-hybridized carbons (Fsp3) is 0.536. The van der Waals surface area contributed by atoms with Crippen LogP contribution in [0.1, 0.15) is 67.2 Å². The van der Waals surface area contributed by atoms with Crippen LogP contribution in [-0.2, 0) is 16.8 Å². The average Bonchev–Trinajstić information content (AvgIpc) is 3.67. The third-order valence-corrected chi connectivity index (χ3v) is 7.79. The van der Waals surface area contributed by atoms with E-state index in [1.165, 1.54) is 24.0 Å². The zero-order chi connectivity index (χ0) is 23.0. The van der Waals surface area contributed by atoms with Crippen molar-refractivity contribution in [2.45, 2.75) is 63.0 Å². The van der Waals surface area contributed by atoms with E-state index in [0.717, 1.165) is 54.2 Å². The molecule has 5 nitrogen and oxygen atoms in total. The Labute approximate surface area is 197 Å². The number of ether oxygens (including phenoxy) is 4. The molecule has 0 spiro atoms. The van der Waals surface area contributed by atoms with Gasteiger partial charge >= 0.3 is 0 Å². The van der Waals surface area contributed by atoms with Crippen molar-refractivity contribution < 1.29 is 18.9 Å². The Hall–Kier alpha value is -2.53. The molecule has 2 saturated carbocycles. The van der Waals surface area contributed by atoms with Gasteiger partial charge in [0.2, 0.25) is 0 Å². The highest BCUT2D eigenvalue weighted by molar-refractivity contribution is 5.85. The lowest BCUT2D eigenvalue weighted by molar-refractivity contribution is 0.178. The summed E-state index contributed by atoms with van der Waals surface area (Å²) in [6, 6.07) is 11.2. The molecule has 0 amide bonds. The van der Waals surface area contributed by atoms with E-state index in [1.807, 2.05) is 6.21 Å². The van der Waals surface area contributed by atoms with Crippen molar-refractivity contribution in [1.29, 1.82) is 0 Å². The second-order valence-corrected chi connectivity index (χ2v) is 9.98. The highest BCUT2D eigenvalue weighted by atomic mass is 16.5. The van der Waals surface area contributed by atoms with Gasteiger partial charge in [-0.25, -0.2) is 0 Å². The molecule has 2 fully saturated rings. The SMILES string of the molecule is COCc1ccc(C2(C)CCCC3N=Cc4cc(OC)c(OC)cc4C32)cc1OCC1CC1. The van der Waals surface area contributed by atoms with Crippen LogP contribution >= 0.6 is 0 Å². The standard InChI is InChI=1S/C28H35NO4/c1-28(21-10-9-19(17-30-2)24(13-21)33-16-18-7-8-18)11-5-6-23-27(28)22-14-26(32-4)25(31-3)12-20(22)15-29-23/h9-10,12-15,18,23,27H,5-8,11,16-17H2,1-4H3. The highest BCUT2D eigenvalue weighted by Crippen LogP contribution is 2.53. The molecule has 0 saturated heterocycles. The summed E-state index contributed by atoms with van der Waals surface area (Å²) < 4.78 is 23.0. The first kappa shape index (κ1) is 22.3. The largest absolute Gasteiger partial charge is 0.493 e. The summed E-state index contributed by atoms with van der Waals surface area (Å²) >= 11 is 0. The molecule has 0 bridgehead atoms. The third-order valence-electron chi connectivity index (χ3n) is 7.79. The number of rotatable bonds is 8. The van der Waals surface area contributed by atoms with Gasteiger partial charge in [0.05, 0.1) is 33.5 Å². The van der Waals surface area contributed by atoms with E-state index < -0.39 is 0 Å². The average molecular weight is 450 g/mol. The number of hydrogen-bond acceptors (Lipinski definition) is 5. The summed E-state index contributed by atoms with van der Waals surface area (Å²) in [6.07, 6.45) is 7.97. The molecule has 2 aromatic rings. The summed E-state index contributed by atoms with van der Waals surface area (Å²) in [5, 5.41) is 0. The fourth-order valence-corrected chi connectivity index (χ4v) is 5.74. The second-order valence-electron chi connectivity index (χ2n) is 9.98. The maximum absolute atomic E-state index is 6.32. The van der Waals surface area contributed by atoms with Crippen LogP contribution in [0.15, 0.2) is 35.3 Å². The first-order valence-electron chi connectivity index (χ1n) is 12.1. The number of nitrogens with zero attached hydrogens (tertiary/aromatic N) is 1. The van der Waals surface area contributed by atoms with Gasteiger partial charge in [0, 0.05) is 30.2 Å². The van der Waals surface area contributed by atoms with E-state index >= 15 is 0 Å².